The van der Waals surface area contributed by atoms with Gasteiger partial charge in [0.05, 0.1) is 0 Å². The number of aryl methyl sites for hydroxylation is 2. The molecule has 0 fully saturated rings. The van der Waals surface area contributed by atoms with E-state index in [0.717, 1.165) is 27.9 Å². The summed E-state index contributed by atoms with van der Waals surface area (Å²) in [5.74, 6) is -0.0827. The summed E-state index contributed by atoms with van der Waals surface area (Å²) in [6.07, 6.45) is 0. The first kappa shape index (κ1) is 20.1. The molecule has 0 aromatic heterocycles. The molecule has 2 atom stereocenters. The highest BCUT2D eigenvalue weighted by atomic mass is 35.5. The monoisotopic (exact) mass is 392 g/mol. The van der Waals surface area contributed by atoms with Gasteiger partial charge in [0.1, 0.15) is 6.04 Å². The largest absolute Gasteiger partial charge is 0.324 e. The van der Waals surface area contributed by atoms with Crippen molar-refractivity contribution in [2.45, 2.75) is 32.9 Å². The second-order valence-electron chi connectivity index (χ2n) is 7.09. The molecular formula is C24H25ClN2O. The average molecular weight is 393 g/mol. The topological polar surface area (TPSA) is 41.1 Å². The van der Waals surface area contributed by atoms with Gasteiger partial charge in [-0.25, -0.2) is 0 Å². The van der Waals surface area contributed by atoms with E-state index in [2.05, 4.69) is 10.6 Å². The Balaban J connectivity index is 1.85. The highest BCUT2D eigenvalue weighted by Crippen LogP contribution is 2.24. The van der Waals surface area contributed by atoms with Crippen LogP contribution in [-0.4, -0.2) is 5.91 Å². The third kappa shape index (κ3) is 5.00. The molecule has 28 heavy (non-hydrogen) atoms. The zero-order chi connectivity index (χ0) is 20.1. The van der Waals surface area contributed by atoms with Gasteiger partial charge in [0, 0.05) is 16.8 Å². The molecule has 0 spiro atoms. The van der Waals surface area contributed by atoms with E-state index >= 15 is 0 Å². The van der Waals surface area contributed by atoms with Crippen molar-refractivity contribution in [1.29, 1.82) is 0 Å². The number of nitrogens with one attached hydrogen (secondary N) is 2. The van der Waals surface area contributed by atoms with E-state index in [1.165, 1.54) is 0 Å². The van der Waals surface area contributed by atoms with Crippen molar-refractivity contribution in [2.75, 3.05) is 5.32 Å². The molecule has 144 valence electrons. The molecule has 0 saturated carbocycles. The summed E-state index contributed by atoms with van der Waals surface area (Å²) in [7, 11) is 0. The molecule has 0 heterocycles. The fraction of sp³-hybridized carbons (Fsp3) is 0.208. The average Bonchev–Trinajstić information content (AvgIpc) is 2.70. The summed E-state index contributed by atoms with van der Waals surface area (Å²) < 4.78 is 0. The molecule has 3 rings (SSSR count). The van der Waals surface area contributed by atoms with Crippen LogP contribution in [0.3, 0.4) is 0 Å². The van der Waals surface area contributed by atoms with E-state index in [4.69, 9.17) is 11.6 Å². The zero-order valence-corrected chi connectivity index (χ0v) is 17.1. The van der Waals surface area contributed by atoms with Crippen LogP contribution in [0.2, 0.25) is 5.02 Å². The van der Waals surface area contributed by atoms with Gasteiger partial charge in [0.25, 0.3) is 0 Å². The lowest BCUT2D eigenvalue weighted by atomic mass is 10.0. The van der Waals surface area contributed by atoms with Gasteiger partial charge in [-0.05, 0) is 61.2 Å². The molecule has 0 bridgehead atoms. The van der Waals surface area contributed by atoms with E-state index in [1.807, 2.05) is 93.6 Å². The number of carbonyl (C=O) groups excluding carboxylic acids is 1. The molecule has 3 aromatic carbocycles. The van der Waals surface area contributed by atoms with Crippen LogP contribution in [0, 0.1) is 13.8 Å². The first-order valence-electron chi connectivity index (χ1n) is 9.38. The predicted molar refractivity (Wildman–Crippen MR) is 117 cm³/mol. The first-order valence-corrected chi connectivity index (χ1v) is 9.76. The van der Waals surface area contributed by atoms with E-state index in [0.29, 0.717) is 5.02 Å². The lowest BCUT2D eigenvalue weighted by Crippen LogP contribution is -2.34. The van der Waals surface area contributed by atoms with Crippen LogP contribution in [0.4, 0.5) is 5.69 Å². The fourth-order valence-corrected chi connectivity index (χ4v) is 3.27. The molecule has 0 aliphatic heterocycles. The SMILES string of the molecule is Cc1ccc(C)c(NC(=O)[C@@H](N[C@H](C)c2ccc(Cl)cc2)c2ccccc2)c1. The second-order valence-corrected chi connectivity index (χ2v) is 7.53. The van der Waals surface area contributed by atoms with Crippen molar-refractivity contribution in [1.82, 2.24) is 5.32 Å². The van der Waals surface area contributed by atoms with Crippen molar-refractivity contribution in [3.05, 3.63) is 100 Å². The van der Waals surface area contributed by atoms with Crippen LogP contribution >= 0.6 is 11.6 Å². The maximum absolute atomic E-state index is 13.2. The van der Waals surface area contributed by atoms with Gasteiger partial charge in [-0.1, -0.05) is 66.2 Å². The normalized spacial score (nSPS) is 13.0. The van der Waals surface area contributed by atoms with Crippen molar-refractivity contribution in [2.24, 2.45) is 0 Å². The zero-order valence-electron chi connectivity index (χ0n) is 16.4. The molecule has 1 amide bonds. The van der Waals surface area contributed by atoms with Crippen LogP contribution in [0.25, 0.3) is 0 Å². The molecule has 4 heteroatoms. The van der Waals surface area contributed by atoms with Crippen molar-refractivity contribution in [3.63, 3.8) is 0 Å². The van der Waals surface area contributed by atoms with Gasteiger partial charge in [-0.2, -0.15) is 0 Å². The molecule has 0 radical (unpaired) electrons. The molecule has 0 aliphatic rings. The summed E-state index contributed by atoms with van der Waals surface area (Å²) in [4.78, 5) is 13.2. The van der Waals surface area contributed by atoms with Gasteiger partial charge < -0.3 is 5.32 Å². The number of halogens is 1. The smallest absolute Gasteiger partial charge is 0.246 e. The lowest BCUT2D eigenvalue weighted by molar-refractivity contribution is -0.118. The van der Waals surface area contributed by atoms with Crippen LogP contribution in [0.15, 0.2) is 72.8 Å². The third-order valence-electron chi connectivity index (χ3n) is 4.83. The first-order chi connectivity index (χ1) is 13.4. The summed E-state index contributed by atoms with van der Waals surface area (Å²) >= 11 is 6.00. The highest BCUT2D eigenvalue weighted by Gasteiger charge is 2.23. The minimum absolute atomic E-state index is 0.0215. The summed E-state index contributed by atoms with van der Waals surface area (Å²) in [6.45, 7) is 6.06. The van der Waals surface area contributed by atoms with Gasteiger partial charge in [0.2, 0.25) is 5.91 Å². The van der Waals surface area contributed by atoms with E-state index in [1.54, 1.807) is 0 Å². The molecule has 0 aliphatic carbocycles. The minimum atomic E-state index is -0.480. The van der Waals surface area contributed by atoms with Crippen LogP contribution in [0.1, 0.15) is 41.3 Å². The number of rotatable bonds is 6. The van der Waals surface area contributed by atoms with Crippen LogP contribution < -0.4 is 10.6 Å². The summed E-state index contributed by atoms with van der Waals surface area (Å²) in [5, 5.41) is 7.26. The summed E-state index contributed by atoms with van der Waals surface area (Å²) in [6, 6.07) is 23.0. The number of carbonyl (C=O) groups is 1. The molecule has 3 nitrogen and oxygen atoms in total. The standard InChI is InChI=1S/C24H25ClN2O/c1-16-9-10-17(2)22(15-16)27-24(28)23(20-7-5-4-6-8-20)26-18(3)19-11-13-21(25)14-12-19/h4-15,18,23,26H,1-3H3,(H,27,28)/t18-,23+/m1/s1. The maximum Gasteiger partial charge on any atom is 0.246 e. The quantitative estimate of drug-likeness (QED) is 0.541. The molecule has 2 N–H and O–H groups in total. The van der Waals surface area contributed by atoms with Gasteiger partial charge >= 0.3 is 0 Å². The maximum atomic E-state index is 13.2. The number of hydrogen-bond donors (Lipinski definition) is 2. The Hall–Kier alpha value is -2.62. The van der Waals surface area contributed by atoms with Crippen LogP contribution in [0.5, 0.6) is 0 Å². The number of amides is 1. The van der Waals surface area contributed by atoms with Crippen molar-refractivity contribution >= 4 is 23.2 Å². The van der Waals surface area contributed by atoms with Crippen LogP contribution in [-0.2, 0) is 4.79 Å². The predicted octanol–water partition coefficient (Wildman–Crippen LogP) is 5.99. The van der Waals surface area contributed by atoms with Gasteiger partial charge in [0.15, 0.2) is 0 Å². The Morgan fingerprint density at radius 2 is 1.57 bits per heavy atom. The van der Waals surface area contributed by atoms with E-state index in [9.17, 15) is 4.79 Å². The number of hydrogen-bond acceptors (Lipinski definition) is 2. The van der Waals surface area contributed by atoms with Gasteiger partial charge in [-0.15, -0.1) is 0 Å². The third-order valence-corrected chi connectivity index (χ3v) is 5.08. The van der Waals surface area contributed by atoms with Crippen molar-refractivity contribution in [3.8, 4) is 0 Å². The summed E-state index contributed by atoms with van der Waals surface area (Å²) in [5.41, 5.74) is 4.99. The number of benzene rings is 3. The van der Waals surface area contributed by atoms with E-state index in [-0.39, 0.29) is 11.9 Å². The second kappa shape index (κ2) is 9.05. The lowest BCUT2D eigenvalue weighted by Gasteiger charge is -2.24. The Morgan fingerprint density at radius 1 is 0.893 bits per heavy atom. The molecule has 0 unspecified atom stereocenters. The number of anilines is 1. The molecule has 3 aromatic rings. The highest BCUT2D eigenvalue weighted by molar-refractivity contribution is 6.30. The Kier molecular flexibility index (Phi) is 6.50. The fourth-order valence-electron chi connectivity index (χ4n) is 3.14. The Bertz CT molecular complexity index is 939. The minimum Gasteiger partial charge on any atom is -0.324 e. The van der Waals surface area contributed by atoms with Gasteiger partial charge in [-0.3, -0.25) is 10.1 Å². The Labute approximate surface area is 171 Å². The van der Waals surface area contributed by atoms with Crippen molar-refractivity contribution < 1.29 is 4.79 Å². The molecule has 0 saturated heterocycles. The molecular weight excluding hydrogens is 368 g/mol. The Morgan fingerprint density at radius 3 is 2.25 bits per heavy atom. The van der Waals surface area contributed by atoms with E-state index < -0.39 is 6.04 Å².